The van der Waals surface area contributed by atoms with Crippen molar-refractivity contribution in [3.8, 4) is 0 Å². The summed E-state index contributed by atoms with van der Waals surface area (Å²) in [6.07, 6.45) is -1.04. The number of likely N-dealkylation sites (tertiary alicyclic amines) is 1. The Morgan fingerprint density at radius 2 is 1.83 bits per heavy atom. The van der Waals surface area contributed by atoms with Gasteiger partial charge in [-0.3, -0.25) is 5.32 Å². The SMILES string of the molecule is Cc1ccccc1NC(=O)OC[C@H]1C[C@@H](NS(=O)(=O)c2cc(Br)ccc2Br)CN1C(=O)OC(C)(C)C. The van der Waals surface area contributed by atoms with Crippen molar-refractivity contribution in [3.63, 3.8) is 0 Å². The van der Waals surface area contributed by atoms with Gasteiger partial charge in [-0.1, -0.05) is 34.1 Å². The van der Waals surface area contributed by atoms with E-state index in [1.807, 2.05) is 19.1 Å². The molecular weight excluding hydrogens is 618 g/mol. The third-order valence-corrected chi connectivity index (χ3v) is 8.34. The van der Waals surface area contributed by atoms with Crippen LogP contribution in [0.4, 0.5) is 15.3 Å². The van der Waals surface area contributed by atoms with E-state index in [-0.39, 0.29) is 24.5 Å². The second-order valence-electron chi connectivity index (χ2n) is 9.45. The summed E-state index contributed by atoms with van der Waals surface area (Å²) in [4.78, 5) is 26.8. The van der Waals surface area contributed by atoms with Crippen molar-refractivity contribution in [2.75, 3.05) is 18.5 Å². The van der Waals surface area contributed by atoms with Crippen LogP contribution in [0, 0.1) is 6.92 Å². The number of amides is 2. The molecule has 1 heterocycles. The molecule has 0 bridgehead atoms. The fourth-order valence-electron chi connectivity index (χ4n) is 3.70. The monoisotopic (exact) mass is 645 g/mol. The number of rotatable bonds is 6. The molecule has 0 spiro atoms. The molecule has 196 valence electrons. The van der Waals surface area contributed by atoms with Gasteiger partial charge in [0.2, 0.25) is 10.0 Å². The first kappa shape index (κ1) is 28.4. The van der Waals surface area contributed by atoms with E-state index in [0.717, 1.165) is 5.56 Å². The molecule has 2 atom stereocenters. The topological polar surface area (TPSA) is 114 Å². The molecular formula is C24H29Br2N3O6S. The molecule has 0 unspecified atom stereocenters. The van der Waals surface area contributed by atoms with Crippen molar-refractivity contribution in [1.82, 2.24) is 9.62 Å². The summed E-state index contributed by atoms with van der Waals surface area (Å²) in [6, 6.07) is 10.9. The molecule has 0 radical (unpaired) electrons. The van der Waals surface area contributed by atoms with Gasteiger partial charge in [0.1, 0.15) is 12.2 Å². The maximum absolute atomic E-state index is 13.1. The van der Waals surface area contributed by atoms with Crippen LogP contribution in [0.1, 0.15) is 32.8 Å². The van der Waals surface area contributed by atoms with Crippen LogP contribution in [0.25, 0.3) is 0 Å². The molecule has 1 aliphatic heterocycles. The normalized spacial score (nSPS) is 18.1. The van der Waals surface area contributed by atoms with Gasteiger partial charge in [0.15, 0.2) is 0 Å². The zero-order valence-corrected chi connectivity index (χ0v) is 24.4. The van der Waals surface area contributed by atoms with E-state index in [4.69, 9.17) is 9.47 Å². The Morgan fingerprint density at radius 3 is 2.50 bits per heavy atom. The lowest BCUT2D eigenvalue weighted by atomic mass is 10.2. The Hall–Kier alpha value is -2.15. The molecule has 12 heteroatoms. The van der Waals surface area contributed by atoms with E-state index in [9.17, 15) is 18.0 Å². The summed E-state index contributed by atoms with van der Waals surface area (Å²) >= 11 is 6.57. The molecule has 3 rings (SSSR count). The van der Waals surface area contributed by atoms with Crippen molar-refractivity contribution in [1.29, 1.82) is 0 Å². The third-order valence-electron chi connectivity index (χ3n) is 5.34. The molecule has 2 N–H and O–H groups in total. The van der Waals surface area contributed by atoms with Crippen LogP contribution < -0.4 is 10.0 Å². The van der Waals surface area contributed by atoms with Crippen molar-refractivity contribution in [3.05, 3.63) is 57.0 Å². The number of sulfonamides is 1. The highest BCUT2D eigenvalue weighted by atomic mass is 79.9. The Labute approximate surface area is 228 Å². The first-order chi connectivity index (χ1) is 16.7. The van der Waals surface area contributed by atoms with Crippen LogP contribution >= 0.6 is 31.9 Å². The molecule has 0 saturated carbocycles. The van der Waals surface area contributed by atoms with Crippen LogP contribution in [-0.2, 0) is 19.5 Å². The predicted octanol–water partition coefficient (Wildman–Crippen LogP) is 5.43. The smallest absolute Gasteiger partial charge is 0.411 e. The van der Waals surface area contributed by atoms with Gasteiger partial charge in [-0.15, -0.1) is 0 Å². The average Bonchev–Trinajstić information content (AvgIpc) is 3.16. The van der Waals surface area contributed by atoms with Gasteiger partial charge in [0.25, 0.3) is 0 Å². The molecule has 0 aromatic heterocycles. The van der Waals surface area contributed by atoms with Gasteiger partial charge in [-0.2, -0.15) is 0 Å². The molecule has 1 aliphatic rings. The number of ether oxygens (including phenoxy) is 2. The summed E-state index contributed by atoms with van der Waals surface area (Å²) in [5.41, 5.74) is 0.741. The average molecular weight is 647 g/mol. The molecule has 36 heavy (non-hydrogen) atoms. The van der Waals surface area contributed by atoms with Gasteiger partial charge in [0, 0.05) is 27.2 Å². The zero-order valence-electron chi connectivity index (χ0n) is 20.4. The van der Waals surface area contributed by atoms with Crippen LogP contribution in [0.5, 0.6) is 0 Å². The van der Waals surface area contributed by atoms with E-state index < -0.39 is 39.9 Å². The summed E-state index contributed by atoms with van der Waals surface area (Å²) in [5.74, 6) is 0. The zero-order chi connectivity index (χ0) is 26.7. The standard InChI is InChI=1S/C24H29Br2N3O6S/c1-15-7-5-6-8-20(15)27-22(30)34-14-18-12-17(13-29(18)23(31)35-24(2,3)4)28-36(32,33)21-11-16(25)9-10-19(21)26/h5-11,17-18,28H,12-14H2,1-4H3,(H,27,30)/t17-,18-/m1/s1. The highest BCUT2D eigenvalue weighted by molar-refractivity contribution is 9.11. The maximum Gasteiger partial charge on any atom is 0.411 e. The lowest BCUT2D eigenvalue weighted by Gasteiger charge is -2.28. The first-order valence-electron chi connectivity index (χ1n) is 11.2. The maximum atomic E-state index is 13.1. The highest BCUT2D eigenvalue weighted by Crippen LogP contribution is 2.28. The number of hydrogen-bond acceptors (Lipinski definition) is 6. The summed E-state index contributed by atoms with van der Waals surface area (Å²) < 4.78 is 40.8. The second kappa shape index (κ2) is 11.5. The quantitative estimate of drug-likeness (QED) is 0.433. The predicted molar refractivity (Wildman–Crippen MR) is 143 cm³/mol. The number of nitrogens with zero attached hydrogens (tertiary/aromatic N) is 1. The van der Waals surface area contributed by atoms with Gasteiger partial charge >= 0.3 is 12.2 Å². The number of hydrogen-bond donors (Lipinski definition) is 2. The van der Waals surface area contributed by atoms with E-state index >= 15 is 0 Å². The van der Waals surface area contributed by atoms with E-state index in [1.54, 1.807) is 45.0 Å². The fourth-order valence-corrected chi connectivity index (χ4v) is 6.44. The van der Waals surface area contributed by atoms with Gasteiger partial charge in [0.05, 0.1) is 10.9 Å². The van der Waals surface area contributed by atoms with E-state index in [0.29, 0.717) is 14.6 Å². The number of carbonyl (C=O) groups is 2. The second-order valence-corrected chi connectivity index (χ2v) is 12.9. The Balaban J connectivity index is 1.73. The molecule has 2 aromatic rings. The minimum Gasteiger partial charge on any atom is -0.447 e. The first-order valence-corrected chi connectivity index (χ1v) is 14.3. The van der Waals surface area contributed by atoms with Crippen molar-refractivity contribution >= 4 is 59.8 Å². The van der Waals surface area contributed by atoms with Gasteiger partial charge < -0.3 is 14.4 Å². The third kappa shape index (κ3) is 7.67. The van der Waals surface area contributed by atoms with E-state index in [2.05, 4.69) is 41.9 Å². The van der Waals surface area contributed by atoms with Gasteiger partial charge in [-0.25, -0.2) is 22.7 Å². The Bertz CT molecular complexity index is 1230. The fraction of sp³-hybridized carbons (Fsp3) is 0.417. The van der Waals surface area contributed by atoms with Crippen LogP contribution in [0.2, 0.25) is 0 Å². The van der Waals surface area contributed by atoms with Crippen LogP contribution in [-0.4, -0.2) is 56.3 Å². The minimum atomic E-state index is -3.91. The Morgan fingerprint density at radius 1 is 1.14 bits per heavy atom. The van der Waals surface area contributed by atoms with E-state index in [1.165, 1.54) is 11.0 Å². The number of anilines is 1. The van der Waals surface area contributed by atoms with Crippen molar-refractivity contribution in [2.24, 2.45) is 0 Å². The number of para-hydroxylation sites is 1. The van der Waals surface area contributed by atoms with Crippen LogP contribution in [0.3, 0.4) is 0 Å². The molecule has 1 saturated heterocycles. The lowest BCUT2D eigenvalue weighted by molar-refractivity contribution is 0.0163. The van der Waals surface area contributed by atoms with Crippen molar-refractivity contribution < 1.29 is 27.5 Å². The Kier molecular flexibility index (Phi) is 9.07. The number of benzene rings is 2. The minimum absolute atomic E-state index is 0.0627. The molecule has 2 amide bonds. The summed E-state index contributed by atoms with van der Waals surface area (Å²) in [6.45, 7) is 7.02. The molecule has 9 nitrogen and oxygen atoms in total. The highest BCUT2D eigenvalue weighted by Gasteiger charge is 2.40. The lowest BCUT2D eigenvalue weighted by Crippen LogP contribution is -2.43. The number of halogens is 2. The number of carbonyl (C=O) groups excluding carboxylic acids is 2. The number of aryl methyl sites for hydroxylation is 1. The summed E-state index contributed by atoms with van der Waals surface area (Å²) in [5, 5.41) is 2.68. The van der Waals surface area contributed by atoms with Crippen LogP contribution in [0.15, 0.2) is 56.3 Å². The van der Waals surface area contributed by atoms with Gasteiger partial charge in [-0.05, 0) is 79.9 Å². The van der Waals surface area contributed by atoms with Crippen molar-refractivity contribution in [2.45, 2.75) is 56.7 Å². The molecule has 1 fully saturated rings. The molecule has 2 aromatic carbocycles. The number of nitrogens with one attached hydrogen (secondary N) is 2. The largest absolute Gasteiger partial charge is 0.447 e. The summed E-state index contributed by atoms with van der Waals surface area (Å²) in [7, 11) is -3.91. The molecule has 0 aliphatic carbocycles.